The van der Waals surface area contributed by atoms with Crippen molar-refractivity contribution in [2.24, 2.45) is 0 Å². The zero-order valence-electron chi connectivity index (χ0n) is 16.1. The number of piperazine rings is 1. The molecular weight excluding hydrogens is 368 g/mol. The number of methoxy groups -OCH3 is 1. The fourth-order valence-corrected chi connectivity index (χ4v) is 4.93. The van der Waals surface area contributed by atoms with Gasteiger partial charge in [-0.15, -0.1) is 0 Å². The normalized spacial score (nSPS) is 26.7. The molecular formula is C18H28N4O4S. The highest BCUT2D eigenvalue weighted by molar-refractivity contribution is 7.87. The average molecular weight is 397 g/mol. The summed E-state index contributed by atoms with van der Waals surface area (Å²) in [6.07, 6.45) is 0.385. The van der Waals surface area contributed by atoms with E-state index in [2.05, 4.69) is 16.5 Å². The predicted molar refractivity (Wildman–Crippen MR) is 103 cm³/mol. The maximum absolute atomic E-state index is 13.1. The van der Waals surface area contributed by atoms with Crippen molar-refractivity contribution in [3.63, 3.8) is 0 Å². The summed E-state index contributed by atoms with van der Waals surface area (Å²) >= 11 is 0. The van der Waals surface area contributed by atoms with Gasteiger partial charge in [-0.05, 0) is 30.7 Å². The molecule has 0 saturated carbocycles. The lowest BCUT2D eigenvalue weighted by atomic mass is 9.98. The molecule has 1 aromatic rings. The Morgan fingerprint density at radius 3 is 2.59 bits per heavy atom. The highest BCUT2D eigenvalue weighted by Gasteiger charge is 2.42. The Kier molecular flexibility index (Phi) is 6.05. The highest BCUT2D eigenvalue weighted by Crippen LogP contribution is 2.30. The first-order chi connectivity index (χ1) is 12.9. The van der Waals surface area contributed by atoms with Gasteiger partial charge in [0.05, 0.1) is 13.2 Å². The molecule has 1 N–H and O–H groups in total. The third-order valence-electron chi connectivity index (χ3n) is 5.48. The predicted octanol–water partition coefficient (Wildman–Crippen LogP) is 0.439. The molecule has 0 aromatic heterocycles. The minimum absolute atomic E-state index is 0.119. The van der Waals surface area contributed by atoms with Gasteiger partial charge in [-0.2, -0.15) is 17.4 Å². The van der Waals surface area contributed by atoms with E-state index in [1.54, 1.807) is 18.1 Å². The summed E-state index contributed by atoms with van der Waals surface area (Å²) in [5.41, 5.74) is 0.791. The van der Waals surface area contributed by atoms with E-state index in [0.717, 1.165) is 29.5 Å². The molecule has 2 heterocycles. The lowest BCUT2D eigenvalue weighted by Gasteiger charge is -2.41. The van der Waals surface area contributed by atoms with Crippen molar-refractivity contribution in [1.29, 1.82) is 0 Å². The second kappa shape index (κ2) is 8.14. The minimum atomic E-state index is -3.74. The second-order valence-electron chi connectivity index (χ2n) is 6.98. The van der Waals surface area contributed by atoms with Crippen LogP contribution in [-0.4, -0.2) is 81.4 Å². The van der Waals surface area contributed by atoms with Gasteiger partial charge in [-0.1, -0.05) is 19.1 Å². The summed E-state index contributed by atoms with van der Waals surface area (Å²) in [6, 6.07) is 6.11. The molecule has 0 spiro atoms. The largest absolute Gasteiger partial charge is 0.497 e. The van der Waals surface area contributed by atoms with Gasteiger partial charge in [-0.25, -0.2) is 0 Å². The molecule has 2 aliphatic heterocycles. The maximum Gasteiger partial charge on any atom is 0.280 e. The van der Waals surface area contributed by atoms with E-state index in [-0.39, 0.29) is 5.91 Å². The van der Waals surface area contributed by atoms with Crippen LogP contribution < -0.4 is 9.46 Å². The van der Waals surface area contributed by atoms with E-state index >= 15 is 0 Å². The van der Waals surface area contributed by atoms with E-state index in [0.29, 0.717) is 25.3 Å². The smallest absolute Gasteiger partial charge is 0.280 e. The van der Waals surface area contributed by atoms with Gasteiger partial charge in [0.1, 0.15) is 11.8 Å². The van der Waals surface area contributed by atoms with Crippen molar-refractivity contribution in [3.8, 4) is 5.75 Å². The van der Waals surface area contributed by atoms with Gasteiger partial charge >= 0.3 is 0 Å². The van der Waals surface area contributed by atoms with Crippen LogP contribution in [0.15, 0.2) is 24.3 Å². The highest BCUT2D eigenvalue weighted by atomic mass is 32.2. The molecule has 3 rings (SSSR count). The van der Waals surface area contributed by atoms with Crippen LogP contribution in [0.1, 0.15) is 24.9 Å². The number of benzene rings is 1. The molecule has 9 heteroatoms. The Hall–Kier alpha value is -1.68. The number of rotatable bonds is 4. The van der Waals surface area contributed by atoms with Gasteiger partial charge in [-0.3, -0.25) is 4.79 Å². The second-order valence-corrected chi connectivity index (χ2v) is 8.74. The summed E-state index contributed by atoms with van der Waals surface area (Å²) in [4.78, 5) is 17.2. The lowest BCUT2D eigenvalue weighted by Crippen LogP contribution is -2.60. The van der Waals surface area contributed by atoms with Crippen LogP contribution in [0.3, 0.4) is 0 Å². The Labute approximate surface area is 161 Å². The fraction of sp³-hybridized carbons (Fsp3) is 0.611. The zero-order valence-corrected chi connectivity index (χ0v) is 16.9. The minimum Gasteiger partial charge on any atom is -0.497 e. The van der Waals surface area contributed by atoms with E-state index in [1.807, 2.05) is 18.2 Å². The van der Waals surface area contributed by atoms with Gasteiger partial charge in [0.25, 0.3) is 10.2 Å². The van der Waals surface area contributed by atoms with Crippen LogP contribution in [0.5, 0.6) is 5.75 Å². The van der Waals surface area contributed by atoms with Crippen LogP contribution >= 0.6 is 0 Å². The Balaban J connectivity index is 1.80. The molecule has 2 atom stereocenters. The zero-order chi connectivity index (χ0) is 19.6. The number of amides is 1. The first-order valence-electron chi connectivity index (χ1n) is 9.26. The number of likely N-dealkylation sites (N-methyl/N-ethyl adjacent to an activating group) is 2. The summed E-state index contributed by atoms with van der Waals surface area (Å²) in [5.74, 6) is 0.537. The van der Waals surface area contributed by atoms with Crippen molar-refractivity contribution in [2.45, 2.75) is 25.4 Å². The average Bonchev–Trinajstić information content (AvgIpc) is 2.69. The molecule has 1 aromatic carbocycles. The van der Waals surface area contributed by atoms with Crippen molar-refractivity contribution in [1.82, 2.24) is 18.8 Å². The number of carbonyl (C=O) groups excluding carboxylic acids is 1. The fourth-order valence-electron chi connectivity index (χ4n) is 3.66. The third-order valence-corrected chi connectivity index (χ3v) is 7.08. The Bertz CT molecular complexity index is 777. The van der Waals surface area contributed by atoms with Crippen molar-refractivity contribution < 1.29 is 17.9 Å². The summed E-state index contributed by atoms with van der Waals surface area (Å²) in [6.45, 7) is 5.97. The Morgan fingerprint density at radius 1 is 1.26 bits per heavy atom. The van der Waals surface area contributed by atoms with Gasteiger partial charge < -0.3 is 14.5 Å². The third kappa shape index (κ3) is 4.26. The van der Waals surface area contributed by atoms with E-state index < -0.39 is 22.3 Å². The first kappa shape index (κ1) is 20.1. The van der Waals surface area contributed by atoms with Gasteiger partial charge in [0, 0.05) is 33.2 Å². The molecule has 150 valence electrons. The molecule has 2 aliphatic rings. The number of ether oxygens (including phenoxy) is 1. The Morgan fingerprint density at radius 2 is 1.96 bits per heavy atom. The quantitative estimate of drug-likeness (QED) is 0.799. The van der Waals surface area contributed by atoms with E-state index in [4.69, 9.17) is 4.74 Å². The van der Waals surface area contributed by atoms with Crippen LogP contribution in [0, 0.1) is 0 Å². The summed E-state index contributed by atoms with van der Waals surface area (Å²) < 4.78 is 34.3. The molecule has 8 nitrogen and oxygen atoms in total. The topological polar surface area (TPSA) is 82.2 Å². The molecule has 0 unspecified atom stereocenters. The van der Waals surface area contributed by atoms with Gasteiger partial charge in [0.15, 0.2) is 0 Å². The number of nitrogens with zero attached hydrogens (tertiary/aromatic N) is 3. The standard InChI is InChI=1S/C18H28N4O4S/c1-4-21-8-10-22(11-9-21)18(23)17-13-16(19-27(24,25)20(17)2)14-6-5-7-15(12-14)26-3/h5-7,12,16-17,19H,4,8-11,13H2,1-3H3/t16-,17+/m1/s1. The molecule has 0 aliphatic carbocycles. The summed E-state index contributed by atoms with van der Waals surface area (Å²) in [5, 5.41) is 0. The van der Waals surface area contributed by atoms with Crippen molar-refractivity contribution in [2.75, 3.05) is 46.9 Å². The molecule has 2 fully saturated rings. The van der Waals surface area contributed by atoms with E-state index in [1.165, 1.54) is 7.05 Å². The summed E-state index contributed by atoms with van der Waals surface area (Å²) in [7, 11) is -0.705. The number of carbonyl (C=O) groups is 1. The maximum atomic E-state index is 13.1. The number of hydrogen-bond acceptors (Lipinski definition) is 5. The van der Waals surface area contributed by atoms with Crippen LogP contribution in [0.25, 0.3) is 0 Å². The molecule has 1 amide bonds. The monoisotopic (exact) mass is 396 g/mol. The van der Waals surface area contributed by atoms with E-state index in [9.17, 15) is 13.2 Å². The molecule has 0 radical (unpaired) electrons. The number of nitrogens with one attached hydrogen (secondary N) is 1. The molecule has 0 bridgehead atoms. The van der Waals surface area contributed by atoms with Gasteiger partial charge in [0.2, 0.25) is 5.91 Å². The SMILES string of the molecule is CCN1CCN(C(=O)[C@@H]2C[C@H](c3cccc(OC)c3)NS(=O)(=O)N2C)CC1. The number of hydrogen-bond donors (Lipinski definition) is 1. The lowest BCUT2D eigenvalue weighted by molar-refractivity contribution is -0.137. The molecule has 2 saturated heterocycles. The van der Waals surface area contributed by atoms with Crippen molar-refractivity contribution >= 4 is 16.1 Å². The van der Waals surface area contributed by atoms with Crippen LogP contribution in [-0.2, 0) is 15.0 Å². The first-order valence-corrected chi connectivity index (χ1v) is 10.7. The van der Waals surface area contributed by atoms with Crippen molar-refractivity contribution in [3.05, 3.63) is 29.8 Å². The van der Waals surface area contributed by atoms with Crippen LogP contribution in [0.4, 0.5) is 0 Å². The molecule has 27 heavy (non-hydrogen) atoms. The van der Waals surface area contributed by atoms with Crippen LogP contribution in [0.2, 0.25) is 0 Å².